The number of aryl methyl sites for hydroxylation is 1. The number of carbonyl (C=O) groups excluding carboxylic acids is 1. The second-order valence-corrected chi connectivity index (χ2v) is 4.21. The summed E-state index contributed by atoms with van der Waals surface area (Å²) in [4.78, 5) is 16.1. The first-order chi connectivity index (χ1) is 9.51. The molecule has 1 amide bonds. The van der Waals surface area contributed by atoms with Crippen LogP contribution in [0.2, 0.25) is 0 Å². The molecule has 2 aromatic rings. The minimum Gasteiger partial charge on any atom is -0.494 e. The number of carbonyl (C=O) groups is 1. The van der Waals surface area contributed by atoms with Gasteiger partial charge in [0, 0.05) is 23.6 Å². The van der Waals surface area contributed by atoms with Crippen molar-refractivity contribution >= 4 is 17.3 Å². The van der Waals surface area contributed by atoms with Gasteiger partial charge in [-0.15, -0.1) is 0 Å². The number of nitrogens with two attached hydrogens (primary N) is 1. The van der Waals surface area contributed by atoms with Crippen LogP contribution in [0.25, 0.3) is 0 Å². The van der Waals surface area contributed by atoms with E-state index >= 15 is 0 Å². The minimum absolute atomic E-state index is 0.233. The number of benzene rings is 1. The number of nitrogen functional groups attached to an aromatic ring is 1. The van der Waals surface area contributed by atoms with Gasteiger partial charge in [-0.1, -0.05) is 0 Å². The number of hydrogen-bond donors (Lipinski definition) is 2. The lowest BCUT2D eigenvalue weighted by Crippen LogP contribution is -2.15. The Labute approximate surface area is 115 Å². The molecule has 1 aromatic carbocycles. The van der Waals surface area contributed by atoms with Crippen molar-refractivity contribution in [3.05, 3.63) is 47.5 Å². The van der Waals surface area contributed by atoms with Crippen LogP contribution in [0.15, 0.2) is 30.5 Å². The maximum atomic E-state index is 13.1. The topological polar surface area (TPSA) is 77.2 Å². The maximum Gasteiger partial charge on any atom is 0.259 e. The zero-order valence-corrected chi connectivity index (χ0v) is 11.1. The number of aromatic nitrogens is 1. The predicted octanol–water partition coefficient (Wildman–Crippen LogP) is 2.37. The first-order valence-electron chi connectivity index (χ1n) is 5.88. The van der Waals surface area contributed by atoms with Crippen LogP contribution >= 0.6 is 0 Å². The Balaban J connectivity index is 2.28. The normalized spacial score (nSPS) is 10.2. The summed E-state index contributed by atoms with van der Waals surface area (Å²) in [5, 5.41) is 2.61. The third-order valence-corrected chi connectivity index (χ3v) is 2.73. The lowest BCUT2D eigenvalue weighted by molar-refractivity contribution is 0.102. The van der Waals surface area contributed by atoms with Gasteiger partial charge in [0.25, 0.3) is 5.91 Å². The Bertz CT molecular complexity index is 659. The van der Waals surface area contributed by atoms with Crippen LogP contribution in [0.3, 0.4) is 0 Å². The second kappa shape index (κ2) is 5.56. The van der Waals surface area contributed by atoms with E-state index in [1.807, 2.05) is 0 Å². The molecular formula is C14H14FN3O2. The Morgan fingerprint density at radius 2 is 2.15 bits per heavy atom. The van der Waals surface area contributed by atoms with Crippen molar-refractivity contribution in [1.82, 2.24) is 4.98 Å². The van der Waals surface area contributed by atoms with Crippen LogP contribution in [0.1, 0.15) is 16.1 Å². The monoisotopic (exact) mass is 275 g/mol. The molecule has 0 bridgehead atoms. The summed E-state index contributed by atoms with van der Waals surface area (Å²) < 4.78 is 18.1. The van der Waals surface area contributed by atoms with Crippen LogP contribution in [0.5, 0.6) is 5.75 Å². The fourth-order valence-corrected chi connectivity index (χ4v) is 1.73. The van der Waals surface area contributed by atoms with E-state index in [9.17, 15) is 9.18 Å². The van der Waals surface area contributed by atoms with E-state index in [2.05, 4.69) is 10.3 Å². The van der Waals surface area contributed by atoms with Crippen molar-refractivity contribution < 1.29 is 13.9 Å². The van der Waals surface area contributed by atoms with Gasteiger partial charge in [0.15, 0.2) is 0 Å². The number of pyridine rings is 1. The molecule has 104 valence electrons. The summed E-state index contributed by atoms with van der Waals surface area (Å²) in [5.74, 6) is -0.645. The SMILES string of the molecule is COc1cc(F)ccc1NC(=O)c1cnc(C)cc1N. The Hall–Kier alpha value is -2.63. The molecule has 20 heavy (non-hydrogen) atoms. The first kappa shape index (κ1) is 13.8. The zero-order chi connectivity index (χ0) is 14.7. The van der Waals surface area contributed by atoms with Crippen molar-refractivity contribution in [3.8, 4) is 5.75 Å². The lowest BCUT2D eigenvalue weighted by atomic mass is 10.2. The Morgan fingerprint density at radius 1 is 1.40 bits per heavy atom. The van der Waals surface area contributed by atoms with Crippen LogP contribution in [0, 0.1) is 12.7 Å². The highest BCUT2D eigenvalue weighted by Crippen LogP contribution is 2.26. The molecule has 0 fully saturated rings. The molecule has 0 radical (unpaired) electrons. The number of nitrogens with zero attached hydrogens (tertiary/aromatic N) is 1. The quantitative estimate of drug-likeness (QED) is 0.901. The van der Waals surface area contributed by atoms with Crippen LogP contribution in [0.4, 0.5) is 15.8 Å². The van der Waals surface area contributed by atoms with E-state index in [4.69, 9.17) is 10.5 Å². The highest BCUT2D eigenvalue weighted by Gasteiger charge is 2.13. The highest BCUT2D eigenvalue weighted by molar-refractivity contribution is 6.08. The van der Waals surface area contributed by atoms with Gasteiger partial charge in [0.05, 0.1) is 18.4 Å². The van der Waals surface area contributed by atoms with Crippen molar-refractivity contribution in [2.45, 2.75) is 6.92 Å². The number of ether oxygens (including phenoxy) is 1. The van der Waals surface area contributed by atoms with Gasteiger partial charge in [-0.05, 0) is 25.1 Å². The number of methoxy groups -OCH3 is 1. The largest absolute Gasteiger partial charge is 0.494 e. The van der Waals surface area contributed by atoms with E-state index in [1.165, 1.54) is 31.5 Å². The van der Waals surface area contributed by atoms with E-state index < -0.39 is 11.7 Å². The lowest BCUT2D eigenvalue weighted by Gasteiger charge is -2.11. The Morgan fingerprint density at radius 3 is 2.80 bits per heavy atom. The fourth-order valence-electron chi connectivity index (χ4n) is 1.73. The summed E-state index contributed by atoms with van der Waals surface area (Å²) in [6, 6.07) is 5.45. The van der Waals surface area contributed by atoms with Gasteiger partial charge < -0.3 is 15.8 Å². The van der Waals surface area contributed by atoms with E-state index in [-0.39, 0.29) is 11.3 Å². The molecule has 0 aliphatic heterocycles. The third kappa shape index (κ3) is 2.85. The number of amides is 1. The van der Waals surface area contributed by atoms with Gasteiger partial charge in [0.1, 0.15) is 11.6 Å². The summed E-state index contributed by atoms with van der Waals surface area (Å²) >= 11 is 0. The maximum absolute atomic E-state index is 13.1. The Kier molecular flexibility index (Phi) is 3.84. The molecule has 3 N–H and O–H groups in total. The first-order valence-corrected chi connectivity index (χ1v) is 5.88. The smallest absolute Gasteiger partial charge is 0.259 e. The van der Waals surface area contributed by atoms with Crippen LogP contribution in [-0.2, 0) is 0 Å². The second-order valence-electron chi connectivity index (χ2n) is 4.21. The van der Waals surface area contributed by atoms with Crippen molar-refractivity contribution in [2.75, 3.05) is 18.2 Å². The molecule has 0 unspecified atom stereocenters. The van der Waals surface area contributed by atoms with Crippen molar-refractivity contribution in [1.29, 1.82) is 0 Å². The van der Waals surface area contributed by atoms with Gasteiger partial charge >= 0.3 is 0 Å². The van der Waals surface area contributed by atoms with Crippen LogP contribution < -0.4 is 15.8 Å². The zero-order valence-electron chi connectivity index (χ0n) is 11.1. The van der Waals surface area contributed by atoms with Gasteiger partial charge in [0.2, 0.25) is 0 Å². The number of rotatable bonds is 3. The molecule has 1 heterocycles. The number of halogens is 1. The molecule has 1 aromatic heterocycles. The summed E-state index contributed by atoms with van der Waals surface area (Å²) in [6.07, 6.45) is 1.40. The van der Waals surface area contributed by atoms with E-state index in [0.717, 1.165) is 5.69 Å². The molecule has 0 aliphatic carbocycles. The molecule has 5 nitrogen and oxygen atoms in total. The van der Waals surface area contributed by atoms with E-state index in [0.29, 0.717) is 11.4 Å². The summed E-state index contributed by atoms with van der Waals surface area (Å²) in [5.41, 5.74) is 7.44. The number of nitrogens with one attached hydrogen (secondary N) is 1. The average molecular weight is 275 g/mol. The van der Waals surface area contributed by atoms with Crippen LogP contribution in [-0.4, -0.2) is 18.0 Å². The summed E-state index contributed by atoms with van der Waals surface area (Å²) in [7, 11) is 1.40. The molecular weight excluding hydrogens is 261 g/mol. The third-order valence-electron chi connectivity index (χ3n) is 2.73. The predicted molar refractivity (Wildman–Crippen MR) is 74.3 cm³/mol. The molecule has 0 aliphatic rings. The van der Waals surface area contributed by atoms with Gasteiger partial charge in [-0.3, -0.25) is 9.78 Å². The molecule has 0 spiro atoms. The number of hydrogen-bond acceptors (Lipinski definition) is 4. The molecule has 0 saturated carbocycles. The van der Waals surface area contributed by atoms with Gasteiger partial charge in [-0.2, -0.15) is 0 Å². The van der Waals surface area contributed by atoms with E-state index in [1.54, 1.807) is 13.0 Å². The van der Waals surface area contributed by atoms with Gasteiger partial charge in [-0.25, -0.2) is 4.39 Å². The standard InChI is InChI=1S/C14H14FN3O2/c1-8-5-11(16)10(7-17-8)14(19)18-12-4-3-9(15)6-13(12)20-2/h3-7H,1-2H3,(H2,16,17)(H,18,19). The minimum atomic E-state index is -0.448. The average Bonchev–Trinajstić information content (AvgIpc) is 2.40. The number of anilines is 2. The fraction of sp³-hybridized carbons (Fsp3) is 0.143. The molecule has 0 saturated heterocycles. The van der Waals surface area contributed by atoms with Crippen molar-refractivity contribution in [2.24, 2.45) is 0 Å². The molecule has 6 heteroatoms. The molecule has 0 atom stereocenters. The summed E-state index contributed by atoms with van der Waals surface area (Å²) in [6.45, 7) is 1.78. The highest BCUT2D eigenvalue weighted by atomic mass is 19.1. The molecule has 2 rings (SSSR count). The van der Waals surface area contributed by atoms with Crippen molar-refractivity contribution in [3.63, 3.8) is 0 Å².